The summed E-state index contributed by atoms with van der Waals surface area (Å²) in [5, 5.41) is 20.0. The lowest BCUT2D eigenvalue weighted by atomic mass is 9.59. The van der Waals surface area contributed by atoms with E-state index < -0.39 is 11.6 Å². The molecule has 0 aromatic rings. The minimum absolute atomic E-state index is 0.0382. The molecular formula is C17H28O3. The molecule has 1 aliphatic rings. The summed E-state index contributed by atoms with van der Waals surface area (Å²) in [5.74, 6) is -0.827. The first-order valence-electron chi connectivity index (χ1n) is 7.22. The molecule has 0 heterocycles. The number of rotatable bonds is 3. The largest absolute Gasteiger partial charge is 0.481 e. The number of carboxylic acids is 1. The molecule has 2 unspecified atom stereocenters. The predicted octanol–water partition coefficient (Wildman–Crippen LogP) is 3.79. The molecule has 3 heteroatoms. The molecule has 1 aliphatic carbocycles. The summed E-state index contributed by atoms with van der Waals surface area (Å²) in [6.07, 6.45) is 6.45. The van der Waals surface area contributed by atoms with Gasteiger partial charge in [0.15, 0.2) is 0 Å². The highest BCUT2D eigenvalue weighted by molar-refractivity contribution is 5.67. The molecule has 0 aromatic carbocycles. The van der Waals surface area contributed by atoms with Crippen LogP contribution in [0.4, 0.5) is 0 Å². The first kappa shape index (κ1) is 17.0. The molecule has 0 aromatic heterocycles. The molecule has 0 bridgehead atoms. The van der Waals surface area contributed by atoms with Gasteiger partial charge in [0.25, 0.3) is 0 Å². The maximum absolute atomic E-state index is 11.2. The lowest BCUT2D eigenvalue weighted by molar-refractivity contribution is -0.136. The van der Waals surface area contributed by atoms with E-state index in [4.69, 9.17) is 5.11 Å². The van der Waals surface area contributed by atoms with Crippen molar-refractivity contribution < 1.29 is 15.0 Å². The molecule has 2 N–H and O–H groups in total. The van der Waals surface area contributed by atoms with Crippen molar-refractivity contribution in [3.8, 4) is 0 Å². The second-order valence-electron chi connectivity index (χ2n) is 7.89. The number of aliphatic carboxylic acids is 1. The fourth-order valence-electron chi connectivity index (χ4n) is 2.78. The van der Waals surface area contributed by atoms with E-state index in [9.17, 15) is 9.90 Å². The number of carbonyl (C=O) groups is 1. The van der Waals surface area contributed by atoms with Crippen LogP contribution in [0, 0.1) is 16.7 Å². The van der Waals surface area contributed by atoms with Crippen LogP contribution in [0.25, 0.3) is 0 Å². The van der Waals surface area contributed by atoms with Crippen molar-refractivity contribution in [2.75, 3.05) is 0 Å². The van der Waals surface area contributed by atoms with Crippen LogP contribution in [-0.4, -0.2) is 21.8 Å². The predicted molar refractivity (Wildman–Crippen MR) is 81.4 cm³/mol. The standard InChI is InChI=1S/C17H28O3/c1-15(2,3)13-11-12(7-8-14(18)19)9-10-17(13,20)16(4,5)6/h9-11,13,20H,7-8H2,1-6H3,(H,18,19). The maximum atomic E-state index is 11.2. The highest BCUT2D eigenvalue weighted by atomic mass is 16.4. The summed E-state index contributed by atoms with van der Waals surface area (Å²) in [6, 6.07) is 0. The van der Waals surface area contributed by atoms with E-state index in [-0.39, 0.29) is 23.2 Å². The third-order valence-electron chi connectivity index (χ3n) is 4.17. The minimum Gasteiger partial charge on any atom is -0.481 e. The van der Waals surface area contributed by atoms with Gasteiger partial charge < -0.3 is 10.2 Å². The van der Waals surface area contributed by atoms with Crippen LogP contribution in [0.15, 0.2) is 23.8 Å². The number of carboxylic acid groups (broad SMARTS) is 1. The van der Waals surface area contributed by atoms with Crippen LogP contribution < -0.4 is 0 Å². The van der Waals surface area contributed by atoms with Gasteiger partial charge in [-0.1, -0.05) is 65.3 Å². The Morgan fingerprint density at radius 2 is 1.80 bits per heavy atom. The number of hydrogen-bond acceptors (Lipinski definition) is 2. The Bertz CT molecular complexity index is 432. The molecule has 2 atom stereocenters. The molecule has 0 saturated carbocycles. The van der Waals surface area contributed by atoms with Crippen LogP contribution >= 0.6 is 0 Å². The topological polar surface area (TPSA) is 57.5 Å². The monoisotopic (exact) mass is 280 g/mol. The molecule has 20 heavy (non-hydrogen) atoms. The molecule has 0 aliphatic heterocycles. The zero-order valence-corrected chi connectivity index (χ0v) is 13.5. The Balaban J connectivity index is 3.12. The molecule has 0 spiro atoms. The van der Waals surface area contributed by atoms with E-state index in [2.05, 4.69) is 26.8 Å². The van der Waals surface area contributed by atoms with Crippen LogP contribution in [-0.2, 0) is 4.79 Å². The van der Waals surface area contributed by atoms with Gasteiger partial charge >= 0.3 is 5.97 Å². The van der Waals surface area contributed by atoms with Gasteiger partial charge in [0.1, 0.15) is 0 Å². The number of allylic oxidation sites excluding steroid dienone is 2. The van der Waals surface area contributed by atoms with E-state index in [0.717, 1.165) is 5.57 Å². The third-order valence-corrected chi connectivity index (χ3v) is 4.17. The van der Waals surface area contributed by atoms with Crippen molar-refractivity contribution in [2.45, 2.75) is 60.0 Å². The third kappa shape index (κ3) is 3.51. The van der Waals surface area contributed by atoms with Crippen molar-refractivity contribution in [1.29, 1.82) is 0 Å². The van der Waals surface area contributed by atoms with Gasteiger partial charge in [0.05, 0.1) is 5.60 Å². The fourth-order valence-corrected chi connectivity index (χ4v) is 2.78. The Morgan fingerprint density at radius 3 is 2.20 bits per heavy atom. The maximum Gasteiger partial charge on any atom is 0.303 e. The van der Waals surface area contributed by atoms with E-state index in [0.29, 0.717) is 6.42 Å². The SMILES string of the molecule is CC(C)(C)C1C=C(CCC(=O)O)C=CC1(O)C(C)(C)C. The van der Waals surface area contributed by atoms with Crippen LogP contribution in [0.3, 0.4) is 0 Å². The minimum atomic E-state index is -0.919. The molecule has 0 saturated heterocycles. The summed E-state index contributed by atoms with van der Waals surface area (Å²) < 4.78 is 0. The first-order chi connectivity index (χ1) is 8.88. The van der Waals surface area contributed by atoms with Crippen molar-refractivity contribution >= 4 is 5.97 Å². The molecule has 114 valence electrons. The van der Waals surface area contributed by atoms with Gasteiger partial charge in [-0.15, -0.1) is 0 Å². The van der Waals surface area contributed by atoms with Crippen molar-refractivity contribution in [2.24, 2.45) is 16.7 Å². The normalized spacial score (nSPS) is 27.4. The molecular weight excluding hydrogens is 252 g/mol. The van der Waals surface area contributed by atoms with Crippen LogP contribution in [0.2, 0.25) is 0 Å². The first-order valence-corrected chi connectivity index (χ1v) is 7.22. The van der Waals surface area contributed by atoms with E-state index in [1.165, 1.54) is 0 Å². The lowest BCUT2D eigenvalue weighted by Crippen LogP contribution is -2.52. The average molecular weight is 280 g/mol. The van der Waals surface area contributed by atoms with Gasteiger partial charge in [-0.2, -0.15) is 0 Å². The van der Waals surface area contributed by atoms with Gasteiger partial charge in [0, 0.05) is 12.3 Å². The Kier molecular flexibility index (Phi) is 4.55. The molecule has 1 rings (SSSR count). The zero-order valence-electron chi connectivity index (χ0n) is 13.5. The Labute approximate surface area is 122 Å². The zero-order chi connectivity index (χ0) is 15.8. The molecule has 3 nitrogen and oxygen atoms in total. The second kappa shape index (κ2) is 5.36. The fraction of sp³-hybridized carbons (Fsp3) is 0.706. The van der Waals surface area contributed by atoms with Gasteiger partial charge in [-0.3, -0.25) is 4.79 Å². The summed E-state index contributed by atoms with van der Waals surface area (Å²) in [7, 11) is 0. The Morgan fingerprint density at radius 1 is 1.25 bits per heavy atom. The summed E-state index contributed by atoms with van der Waals surface area (Å²) in [6.45, 7) is 12.4. The second-order valence-corrected chi connectivity index (χ2v) is 7.89. The summed E-state index contributed by atoms with van der Waals surface area (Å²) in [5.41, 5.74) is -0.295. The summed E-state index contributed by atoms with van der Waals surface area (Å²) in [4.78, 5) is 10.7. The summed E-state index contributed by atoms with van der Waals surface area (Å²) >= 11 is 0. The van der Waals surface area contributed by atoms with Gasteiger partial charge in [-0.05, 0) is 17.3 Å². The highest BCUT2D eigenvalue weighted by Gasteiger charge is 2.49. The van der Waals surface area contributed by atoms with Crippen molar-refractivity contribution in [1.82, 2.24) is 0 Å². The van der Waals surface area contributed by atoms with Crippen LogP contribution in [0.5, 0.6) is 0 Å². The average Bonchev–Trinajstić information content (AvgIpc) is 2.24. The smallest absolute Gasteiger partial charge is 0.303 e. The molecule has 0 radical (unpaired) electrons. The van der Waals surface area contributed by atoms with Crippen LogP contribution in [0.1, 0.15) is 54.4 Å². The van der Waals surface area contributed by atoms with E-state index in [1.54, 1.807) is 0 Å². The number of aliphatic hydroxyl groups is 1. The molecule has 0 fully saturated rings. The highest BCUT2D eigenvalue weighted by Crippen LogP contribution is 2.48. The van der Waals surface area contributed by atoms with Gasteiger partial charge in [0.2, 0.25) is 0 Å². The number of hydrogen-bond donors (Lipinski definition) is 2. The quantitative estimate of drug-likeness (QED) is 0.827. The van der Waals surface area contributed by atoms with E-state index >= 15 is 0 Å². The van der Waals surface area contributed by atoms with Crippen molar-refractivity contribution in [3.05, 3.63) is 23.8 Å². The van der Waals surface area contributed by atoms with E-state index in [1.807, 2.05) is 32.9 Å². The van der Waals surface area contributed by atoms with Gasteiger partial charge in [-0.25, -0.2) is 0 Å². The Hall–Kier alpha value is -1.09. The lowest BCUT2D eigenvalue weighted by Gasteiger charge is -2.50. The van der Waals surface area contributed by atoms with Crippen molar-refractivity contribution in [3.63, 3.8) is 0 Å². The molecule has 0 amide bonds.